The predicted molar refractivity (Wildman–Crippen MR) is 67.6 cm³/mol. The van der Waals surface area contributed by atoms with Crippen molar-refractivity contribution in [1.29, 1.82) is 0 Å². The lowest BCUT2D eigenvalue weighted by molar-refractivity contribution is 0.157. The molecular formula is C13H20FN3O. The number of ether oxygens (including phenoxy) is 1. The first-order valence-electron chi connectivity index (χ1n) is 6.32. The van der Waals surface area contributed by atoms with Gasteiger partial charge >= 0.3 is 0 Å². The van der Waals surface area contributed by atoms with E-state index in [1.807, 2.05) is 0 Å². The Morgan fingerprint density at radius 1 is 1.61 bits per heavy atom. The standard InChI is InChI=1S/C13H20FN3O/c1-17(11-5-7-18-9-11)6-4-12(15)13-3-2-10(14)8-16-13/h2-3,8,11-12H,4-7,9,15H2,1H3. The van der Waals surface area contributed by atoms with Gasteiger partial charge in [0.2, 0.25) is 0 Å². The van der Waals surface area contributed by atoms with Gasteiger partial charge in [-0.3, -0.25) is 4.98 Å². The highest BCUT2D eigenvalue weighted by molar-refractivity contribution is 5.09. The summed E-state index contributed by atoms with van der Waals surface area (Å²) in [6.45, 7) is 2.55. The Labute approximate surface area is 107 Å². The first-order valence-corrected chi connectivity index (χ1v) is 6.32. The molecule has 0 bridgehead atoms. The maximum Gasteiger partial charge on any atom is 0.141 e. The summed E-state index contributed by atoms with van der Waals surface area (Å²) >= 11 is 0. The second kappa shape index (κ2) is 6.22. The SMILES string of the molecule is CN(CCC(N)c1ccc(F)cn1)C1CCOC1. The molecule has 2 heterocycles. The quantitative estimate of drug-likeness (QED) is 0.860. The van der Waals surface area contributed by atoms with Gasteiger partial charge in [0.1, 0.15) is 5.82 Å². The van der Waals surface area contributed by atoms with Crippen LogP contribution in [0.3, 0.4) is 0 Å². The van der Waals surface area contributed by atoms with Crippen LogP contribution in [0.5, 0.6) is 0 Å². The summed E-state index contributed by atoms with van der Waals surface area (Å²) in [4.78, 5) is 6.28. The molecule has 1 aliphatic heterocycles. The van der Waals surface area contributed by atoms with Gasteiger partial charge in [0.15, 0.2) is 0 Å². The van der Waals surface area contributed by atoms with Gasteiger partial charge in [-0.1, -0.05) is 0 Å². The predicted octanol–water partition coefficient (Wildman–Crippen LogP) is 1.33. The Bertz CT molecular complexity index is 365. The van der Waals surface area contributed by atoms with Crippen molar-refractivity contribution < 1.29 is 9.13 Å². The molecule has 0 saturated carbocycles. The van der Waals surface area contributed by atoms with Crippen LogP contribution in [0.25, 0.3) is 0 Å². The molecule has 100 valence electrons. The van der Waals surface area contributed by atoms with Crippen molar-refractivity contribution in [2.24, 2.45) is 5.73 Å². The number of halogens is 1. The van der Waals surface area contributed by atoms with Gasteiger partial charge in [0, 0.05) is 25.2 Å². The Morgan fingerprint density at radius 3 is 3.06 bits per heavy atom. The van der Waals surface area contributed by atoms with Gasteiger partial charge in [0.05, 0.1) is 18.5 Å². The molecule has 4 nitrogen and oxygen atoms in total. The van der Waals surface area contributed by atoms with Gasteiger partial charge in [-0.05, 0) is 32.0 Å². The zero-order chi connectivity index (χ0) is 13.0. The van der Waals surface area contributed by atoms with E-state index in [1.54, 1.807) is 6.07 Å². The van der Waals surface area contributed by atoms with E-state index in [0.717, 1.165) is 38.3 Å². The molecule has 2 N–H and O–H groups in total. The van der Waals surface area contributed by atoms with Crippen LogP contribution >= 0.6 is 0 Å². The monoisotopic (exact) mass is 253 g/mol. The molecule has 18 heavy (non-hydrogen) atoms. The largest absolute Gasteiger partial charge is 0.380 e. The van der Waals surface area contributed by atoms with Crippen LogP contribution in [0.1, 0.15) is 24.6 Å². The van der Waals surface area contributed by atoms with Gasteiger partial charge in [-0.25, -0.2) is 4.39 Å². The van der Waals surface area contributed by atoms with Gasteiger partial charge in [0.25, 0.3) is 0 Å². The average molecular weight is 253 g/mol. The molecule has 0 radical (unpaired) electrons. The fourth-order valence-corrected chi connectivity index (χ4v) is 2.15. The molecule has 1 saturated heterocycles. The van der Waals surface area contributed by atoms with Crippen LogP contribution in [0.2, 0.25) is 0 Å². The lowest BCUT2D eigenvalue weighted by Gasteiger charge is -2.24. The van der Waals surface area contributed by atoms with Gasteiger partial charge in [-0.15, -0.1) is 0 Å². The number of pyridine rings is 1. The number of hydrogen-bond donors (Lipinski definition) is 1. The highest BCUT2D eigenvalue weighted by Crippen LogP contribution is 2.15. The van der Waals surface area contributed by atoms with E-state index in [2.05, 4.69) is 16.9 Å². The van der Waals surface area contributed by atoms with E-state index in [-0.39, 0.29) is 11.9 Å². The first kappa shape index (κ1) is 13.4. The minimum atomic E-state index is -0.328. The third-order valence-corrected chi connectivity index (χ3v) is 3.45. The first-order chi connectivity index (χ1) is 8.66. The maximum absolute atomic E-state index is 12.7. The van der Waals surface area contributed by atoms with E-state index in [1.165, 1.54) is 12.3 Å². The van der Waals surface area contributed by atoms with Crippen LogP contribution in [-0.2, 0) is 4.74 Å². The highest BCUT2D eigenvalue weighted by Gasteiger charge is 2.20. The van der Waals surface area contributed by atoms with Gasteiger partial charge in [-0.2, -0.15) is 0 Å². The molecule has 2 unspecified atom stereocenters. The minimum absolute atomic E-state index is 0.143. The lowest BCUT2D eigenvalue weighted by Crippen LogP contribution is -2.34. The third kappa shape index (κ3) is 3.48. The molecule has 0 aliphatic carbocycles. The Morgan fingerprint density at radius 2 is 2.44 bits per heavy atom. The second-order valence-corrected chi connectivity index (χ2v) is 4.79. The zero-order valence-electron chi connectivity index (χ0n) is 10.7. The number of nitrogens with two attached hydrogens (primary N) is 1. The van der Waals surface area contributed by atoms with Crippen LogP contribution < -0.4 is 5.73 Å². The topological polar surface area (TPSA) is 51.4 Å². The molecular weight excluding hydrogens is 233 g/mol. The summed E-state index contributed by atoms with van der Waals surface area (Å²) in [6.07, 6.45) is 3.11. The van der Waals surface area contributed by atoms with Crippen LogP contribution in [0.15, 0.2) is 18.3 Å². The number of rotatable bonds is 5. The Hall–Kier alpha value is -1.04. The molecule has 1 fully saturated rings. The zero-order valence-corrected chi connectivity index (χ0v) is 10.7. The second-order valence-electron chi connectivity index (χ2n) is 4.79. The fraction of sp³-hybridized carbons (Fsp3) is 0.615. The number of likely N-dealkylation sites (N-methyl/N-ethyl adjacent to an activating group) is 1. The fourth-order valence-electron chi connectivity index (χ4n) is 2.15. The van der Waals surface area contributed by atoms with Crippen LogP contribution in [0, 0.1) is 5.82 Å². The third-order valence-electron chi connectivity index (χ3n) is 3.45. The molecule has 1 aromatic heterocycles. The van der Waals surface area contributed by atoms with E-state index in [9.17, 15) is 4.39 Å². The van der Waals surface area contributed by atoms with E-state index in [0.29, 0.717) is 6.04 Å². The van der Waals surface area contributed by atoms with Crippen molar-refractivity contribution in [2.75, 3.05) is 26.8 Å². The van der Waals surface area contributed by atoms with Crippen molar-refractivity contribution in [3.05, 3.63) is 29.8 Å². The minimum Gasteiger partial charge on any atom is -0.380 e. The van der Waals surface area contributed by atoms with Gasteiger partial charge < -0.3 is 15.4 Å². The molecule has 0 amide bonds. The summed E-state index contributed by atoms with van der Waals surface area (Å²) < 4.78 is 18.1. The van der Waals surface area contributed by atoms with Crippen molar-refractivity contribution >= 4 is 0 Å². The van der Waals surface area contributed by atoms with Crippen LogP contribution in [-0.4, -0.2) is 42.7 Å². The van der Waals surface area contributed by atoms with Crippen molar-refractivity contribution in [1.82, 2.24) is 9.88 Å². The number of hydrogen-bond acceptors (Lipinski definition) is 4. The average Bonchev–Trinajstić information content (AvgIpc) is 2.90. The van der Waals surface area contributed by atoms with Crippen molar-refractivity contribution in [3.63, 3.8) is 0 Å². The summed E-state index contributed by atoms with van der Waals surface area (Å²) in [5.41, 5.74) is 6.79. The smallest absolute Gasteiger partial charge is 0.141 e. The molecule has 5 heteroatoms. The number of nitrogens with zero attached hydrogens (tertiary/aromatic N) is 2. The normalized spacial score (nSPS) is 21.4. The maximum atomic E-state index is 12.7. The molecule has 0 spiro atoms. The molecule has 2 atom stereocenters. The van der Waals surface area contributed by atoms with E-state index in [4.69, 9.17) is 10.5 Å². The molecule has 1 aliphatic rings. The Balaban J connectivity index is 1.80. The van der Waals surface area contributed by atoms with Crippen molar-refractivity contribution in [2.45, 2.75) is 24.9 Å². The van der Waals surface area contributed by atoms with Crippen LogP contribution in [0.4, 0.5) is 4.39 Å². The number of aromatic nitrogens is 1. The van der Waals surface area contributed by atoms with E-state index < -0.39 is 0 Å². The Kier molecular flexibility index (Phi) is 4.63. The molecule has 0 aromatic carbocycles. The summed E-state index contributed by atoms with van der Waals surface area (Å²) in [5, 5.41) is 0. The summed E-state index contributed by atoms with van der Waals surface area (Å²) in [5.74, 6) is -0.328. The van der Waals surface area contributed by atoms with Crippen molar-refractivity contribution in [3.8, 4) is 0 Å². The molecule has 1 aromatic rings. The lowest BCUT2D eigenvalue weighted by atomic mass is 10.1. The summed E-state index contributed by atoms with van der Waals surface area (Å²) in [6, 6.07) is 3.41. The highest BCUT2D eigenvalue weighted by atomic mass is 19.1. The molecule has 2 rings (SSSR count). The summed E-state index contributed by atoms with van der Waals surface area (Å²) in [7, 11) is 2.09. The van der Waals surface area contributed by atoms with E-state index >= 15 is 0 Å².